The van der Waals surface area contributed by atoms with Gasteiger partial charge in [0.15, 0.2) is 0 Å². The van der Waals surface area contributed by atoms with E-state index < -0.39 is 0 Å². The van der Waals surface area contributed by atoms with Crippen molar-refractivity contribution in [1.82, 2.24) is 10.3 Å². The van der Waals surface area contributed by atoms with Gasteiger partial charge in [-0.3, -0.25) is 0 Å². The summed E-state index contributed by atoms with van der Waals surface area (Å²) in [5.74, 6) is 0.605. The zero-order valence-electron chi connectivity index (χ0n) is 11.6. The molecular weight excluding hydrogens is 240 g/mol. The van der Waals surface area contributed by atoms with E-state index >= 15 is 0 Å². The normalized spacial score (nSPS) is 15.2. The lowest BCUT2D eigenvalue weighted by Gasteiger charge is -2.22. The van der Waals surface area contributed by atoms with Crippen LogP contribution in [0.15, 0.2) is 24.3 Å². The molecule has 18 heavy (non-hydrogen) atoms. The second-order valence-electron chi connectivity index (χ2n) is 5.37. The standard InChI is InChI=1S/C15H22N2S/c1-10(2)16-12(4)11(3)9-15-17-13-7-5-6-8-14(13)18-15/h5-8,10-12,16H,9H2,1-4H3. The topological polar surface area (TPSA) is 24.9 Å². The molecule has 2 aromatic rings. The maximum atomic E-state index is 4.70. The van der Waals surface area contributed by atoms with Crippen molar-refractivity contribution >= 4 is 21.6 Å². The van der Waals surface area contributed by atoms with E-state index in [9.17, 15) is 0 Å². The first-order valence-corrected chi connectivity index (χ1v) is 7.48. The van der Waals surface area contributed by atoms with Gasteiger partial charge < -0.3 is 5.32 Å². The van der Waals surface area contributed by atoms with Gasteiger partial charge in [-0.25, -0.2) is 4.98 Å². The minimum Gasteiger partial charge on any atom is -0.312 e. The van der Waals surface area contributed by atoms with E-state index in [0.29, 0.717) is 18.0 Å². The molecule has 2 unspecified atom stereocenters. The molecule has 1 heterocycles. The molecule has 98 valence electrons. The Balaban J connectivity index is 2.04. The van der Waals surface area contributed by atoms with Crippen molar-refractivity contribution in [3.05, 3.63) is 29.3 Å². The van der Waals surface area contributed by atoms with Gasteiger partial charge in [0.1, 0.15) is 0 Å². The van der Waals surface area contributed by atoms with Gasteiger partial charge in [0, 0.05) is 18.5 Å². The number of para-hydroxylation sites is 1. The molecule has 0 fully saturated rings. The predicted octanol–water partition coefficient (Wildman–Crippen LogP) is 3.86. The monoisotopic (exact) mass is 262 g/mol. The van der Waals surface area contributed by atoms with Crippen LogP contribution in [0.2, 0.25) is 0 Å². The van der Waals surface area contributed by atoms with E-state index in [0.717, 1.165) is 11.9 Å². The maximum Gasteiger partial charge on any atom is 0.0941 e. The number of aromatic nitrogens is 1. The summed E-state index contributed by atoms with van der Waals surface area (Å²) in [6.07, 6.45) is 1.06. The Labute approximate surface area is 113 Å². The largest absolute Gasteiger partial charge is 0.312 e. The first kappa shape index (κ1) is 13.5. The molecule has 2 atom stereocenters. The van der Waals surface area contributed by atoms with Gasteiger partial charge in [0.2, 0.25) is 0 Å². The predicted molar refractivity (Wildman–Crippen MR) is 80.2 cm³/mol. The number of benzene rings is 1. The van der Waals surface area contributed by atoms with Crippen molar-refractivity contribution in [1.29, 1.82) is 0 Å². The average Bonchev–Trinajstić information content (AvgIpc) is 2.69. The van der Waals surface area contributed by atoms with Crippen molar-refractivity contribution in [3.8, 4) is 0 Å². The van der Waals surface area contributed by atoms with Crippen molar-refractivity contribution in [2.24, 2.45) is 5.92 Å². The number of rotatable bonds is 5. The second kappa shape index (κ2) is 5.81. The van der Waals surface area contributed by atoms with Gasteiger partial charge in [-0.15, -0.1) is 11.3 Å². The first-order valence-electron chi connectivity index (χ1n) is 6.66. The number of thiazole rings is 1. The molecule has 0 saturated heterocycles. The molecule has 3 heteroatoms. The Kier molecular flexibility index (Phi) is 4.36. The molecule has 1 aromatic heterocycles. The SMILES string of the molecule is CC(C)NC(C)C(C)Cc1nc2ccccc2s1. The maximum absolute atomic E-state index is 4.70. The fraction of sp³-hybridized carbons (Fsp3) is 0.533. The third kappa shape index (κ3) is 3.30. The number of nitrogens with zero attached hydrogens (tertiary/aromatic N) is 1. The third-order valence-electron chi connectivity index (χ3n) is 3.28. The van der Waals surface area contributed by atoms with E-state index in [2.05, 4.69) is 57.3 Å². The average molecular weight is 262 g/mol. The Morgan fingerprint density at radius 3 is 2.56 bits per heavy atom. The summed E-state index contributed by atoms with van der Waals surface area (Å²) in [7, 11) is 0. The van der Waals surface area contributed by atoms with Crippen LogP contribution in [0.5, 0.6) is 0 Å². The lowest BCUT2D eigenvalue weighted by molar-refractivity contribution is 0.372. The molecule has 2 rings (SSSR count). The first-order chi connectivity index (χ1) is 8.56. The van der Waals surface area contributed by atoms with Gasteiger partial charge in [0.25, 0.3) is 0 Å². The van der Waals surface area contributed by atoms with E-state index in [4.69, 9.17) is 4.98 Å². The number of hydrogen-bond donors (Lipinski definition) is 1. The highest BCUT2D eigenvalue weighted by Crippen LogP contribution is 2.24. The highest BCUT2D eigenvalue weighted by Gasteiger charge is 2.15. The summed E-state index contributed by atoms with van der Waals surface area (Å²) < 4.78 is 1.30. The van der Waals surface area contributed by atoms with Gasteiger partial charge in [-0.2, -0.15) is 0 Å². The van der Waals surface area contributed by atoms with Crippen LogP contribution in [-0.2, 0) is 6.42 Å². The summed E-state index contributed by atoms with van der Waals surface area (Å²) in [6, 6.07) is 9.44. The van der Waals surface area contributed by atoms with Crippen molar-refractivity contribution < 1.29 is 0 Å². The Hall–Kier alpha value is -0.930. The highest BCUT2D eigenvalue weighted by molar-refractivity contribution is 7.18. The molecule has 0 aliphatic carbocycles. The minimum absolute atomic E-state index is 0.525. The molecule has 0 aliphatic heterocycles. The lowest BCUT2D eigenvalue weighted by atomic mass is 9.99. The van der Waals surface area contributed by atoms with Crippen LogP contribution in [-0.4, -0.2) is 17.1 Å². The van der Waals surface area contributed by atoms with Crippen LogP contribution in [0.1, 0.15) is 32.7 Å². The summed E-state index contributed by atoms with van der Waals surface area (Å²) in [5.41, 5.74) is 1.13. The Morgan fingerprint density at radius 1 is 1.17 bits per heavy atom. The molecule has 0 radical (unpaired) electrons. The van der Waals surface area contributed by atoms with E-state index in [1.807, 2.05) is 11.3 Å². The van der Waals surface area contributed by atoms with Crippen molar-refractivity contribution in [2.45, 2.75) is 46.2 Å². The van der Waals surface area contributed by atoms with E-state index in [-0.39, 0.29) is 0 Å². The zero-order chi connectivity index (χ0) is 13.1. The highest BCUT2D eigenvalue weighted by atomic mass is 32.1. The summed E-state index contributed by atoms with van der Waals surface area (Å²) >= 11 is 1.82. The Morgan fingerprint density at radius 2 is 1.89 bits per heavy atom. The van der Waals surface area contributed by atoms with Gasteiger partial charge in [0.05, 0.1) is 15.2 Å². The third-order valence-corrected chi connectivity index (χ3v) is 4.34. The number of fused-ring (bicyclic) bond motifs is 1. The second-order valence-corrected chi connectivity index (χ2v) is 6.48. The summed E-state index contributed by atoms with van der Waals surface area (Å²) in [6.45, 7) is 8.95. The van der Waals surface area contributed by atoms with Crippen LogP contribution >= 0.6 is 11.3 Å². The fourth-order valence-corrected chi connectivity index (χ4v) is 3.26. The molecule has 1 aromatic carbocycles. The summed E-state index contributed by atoms with van der Waals surface area (Å²) in [5, 5.41) is 4.82. The van der Waals surface area contributed by atoms with Gasteiger partial charge in [-0.1, -0.05) is 32.9 Å². The van der Waals surface area contributed by atoms with Gasteiger partial charge in [-0.05, 0) is 25.0 Å². The van der Waals surface area contributed by atoms with E-state index in [1.54, 1.807) is 0 Å². The van der Waals surface area contributed by atoms with Crippen LogP contribution < -0.4 is 5.32 Å². The fourth-order valence-electron chi connectivity index (χ4n) is 2.15. The minimum atomic E-state index is 0.525. The summed E-state index contributed by atoms with van der Waals surface area (Å²) in [4.78, 5) is 4.70. The molecule has 1 N–H and O–H groups in total. The quantitative estimate of drug-likeness (QED) is 0.885. The number of nitrogens with one attached hydrogen (secondary N) is 1. The van der Waals surface area contributed by atoms with Crippen LogP contribution in [0.3, 0.4) is 0 Å². The Bertz CT molecular complexity index is 471. The molecule has 0 aliphatic rings. The molecule has 0 bridgehead atoms. The molecule has 0 saturated carbocycles. The molecule has 0 spiro atoms. The van der Waals surface area contributed by atoms with Crippen LogP contribution in [0.25, 0.3) is 10.2 Å². The molecule has 0 amide bonds. The lowest BCUT2D eigenvalue weighted by Crippen LogP contribution is -2.37. The van der Waals surface area contributed by atoms with Crippen LogP contribution in [0.4, 0.5) is 0 Å². The van der Waals surface area contributed by atoms with Crippen molar-refractivity contribution in [3.63, 3.8) is 0 Å². The van der Waals surface area contributed by atoms with Gasteiger partial charge >= 0.3 is 0 Å². The zero-order valence-corrected chi connectivity index (χ0v) is 12.4. The number of hydrogen-bond acceptors (Lipinski definition) is 3. The molecule has 2 nitrogen and oxygen atoms in total. The molecular formula is C15H22N2S. The van der Waals surface area contributed by atoms with Crippen LogP contribution in [0, 0.1) is 5.92 Å². The smallest absolute Gasteiger partial charge is 0.0941 e. The van der Waals surface area contributed by atoms with E-state index in [1.165, 1.54) is 9.71 Å². The van der Waals surface area contributed by atoms with Crippen molar-refractivity contribution in [2.75, 3.05) is 0 Å².